The molecule has 1 aliphatic rings. The molecular formula is C26H22FN3O3S. The van der Waals surface area contributed by atoms with Gasteiger partial charge < -0.3 is 10.1 Å². The number of carbonyl (C=O) groups is 1. The Balaban J connectivity index is 1.68. The number of halogens is 1. The number of aromatic nitrogens is 2. The molecule has 0 aliphatic heterocycles. The highest BCUT2D eigenvalue weighted by molar-refractivity contribution is 8.00. The number of benzene rings is 3. The molecule has 1 aliphatic carbocycles. The van der Waals surface area contributed by atoms with E-state index in [1.54, 1.807) is 42.5 Å². The summed E-state index contributed by atoms with van der Waals surface area (Å²) < 4.78 is 20.6. The fraction of sp³-hybridized carbons (Fsp3) is 0.192. The minimum Gasteiger partial charge on any atom is -0.495 e. The van der Waals surface area contributed by atoms with Crippen LogP contribution in [0.2, 0.25) is 0 Å². The molecule has 1 fully saturated rings. The van der Waals surface area contributed by atoms with Crippen LogP contribution in [-0.2, 0) is 4.79 Å². The van der Waals surface area contributed by atoms with Gasteiger partial charge in [-0.15, -0.1) is 0 Å². The molecule has 0 radical (unpaired) electrons. The average Bonchev–Trinajstić information content (AvgIpc) is 3.67. The number of rotatable bonds is 7. The van der Waals surface area contributed by atoms with Gasteiger partial charge in [0.25, 0.3) is 5.56 Å². The van der Waals surface area contributed by atoms with Crippen LogP contribution in [0.15, 0.2) is 82.7 Å². The largest absolute Gasteiger partial charge is 0.495 e. The van der Waals surface area contributed by atoms with E-state index < -0.39 is 5.25 Å². The third kappa shape index (κ3) is 4.41. The lowest BCUT2D eigenvalue weighted by atomic mass is 10.1. The number of thioether (sulfide) groups is 1. The summed E-state index contributed by atoms with van der Waals surface area (Å²) in [6.07, 6.45) is 1.87. The van der Waals surface area contributed by atoms with Crippen molar-refractivity contribution in [3.05, 3.63) is 94.5 Å². The van der Waals surface area contributed by atoms with Crippen LogP contribution < -0.4 is 15.6 Å². The van der Waals surface area contributed by atoms with Crippen molar-refractivity contribution in [3.63, 3.8) is 0 Å². The van der Waals surface area contributed by atoms with Crippen molar-refractivity contribution < 1.29 is 13.9 Å². The number of para-hydroxylation sites is 3. The van der Waals surface area contributed by atoms with Crippen LogP contribution in [0.5, 0.6) is 5.75 Å². The van der Waals surface area contributed by atoms with Crippen molar-refractivity contribution in [1.82, 2.24) is 14.9 Å². The van der Waals surface area contributed by atoms with E-state index in [0.717, 1.165) is 24.6 Å². The number of amides is 1. The average molecular weight is 476 g/mol. The van der Waals surface area contributed by atoms with Crippen LogP contribution in [0.1, 0.15) is 23.7 Å². The van der Waals surface area contributed by atoms with Gasteiger partial charge in [0, 0.05) is 6.04 Å². The van der Waals surface area contributed by atoms with Gasteiger partial charge in [0.05, 0.1) is 23.7 Å². The summed E-state index contributed by atoms with van der Waals surface area (Å²) in [4.78, 5) is 31.6. The van der Waals surface area contributed by atoms with Crippen molar-refractivity contribution in [1.29, 1.82) is 0 Å². The van der Waals surface area contributed by atoms with Crippen molar-refractivity contribution in [3.8, 4) is 11.4 Å². The quantitative estimate of drug-likeness (QED) is 0.311. The SMILES string of the molecule is COc1ccccc1-n1c(SC(C(=O)NC2CC2)c2ccc(F)cc2)nc2ccccc2c1=O. The molecular weight excluding hydrogens is 453 g/mol. The third-order valence-corrected chi connectivity index (χ3v) is 6.84. The summed E-state index contributed by atoms with van der Waals surface area (Å²) in [5, 5.41) is 3.10. The first-order valence-corrected chi connectivity index (χ1v) is 11.8. The fourth-order valence-electron chi connectivity index (χ4n) is 3.74. The van der Waals surface area contributed by atoms with Gasteiger partial charge in [-0.2, -0.15) is 0 Å². The molecule has 1 atom stereocenters. The zero-order valence-electron chi connectivity index (χ0n) is 18.4. The van der Waals surface area contributed by atoms with Crippen LogP contribution in [0.4, 0.5) is 4.39 Å². The second-order valence-electron chi connectivity index (χ2n) is 8.06. The van der Waals surface area contributed by atoms with Gasteiger partial charge in [-0.05, 0) is 54.8 Å². The van der Waals surface area contributed by atoms with Crippen LogP contribution in [0.3, 0.4) is 0 Å². The lowest BCUT2D eigenvalue weighted by Gasteiger charge is -2.20. The van der Waals surface area contributed by atoms with E-state index >= 15 is 0 Å². The van der Waals surface area contributed by atoms with Crippen LogP contribution in [0, 0.1) is 5.82 Å². The summed E-state index contributed by atoms with van der Waals surface area (Å²) in [5.41, 5.74) is 1.41. The molecule has 1 heterocycles. The maximum atomic E-state index is 13.6. The smallest absolute Gasteiger partial charge is 0.266 e. The van der Waals surface area contributed by atoms with Crippen molar-refractivity contribution in [2.45, 2.75) is 29.3 Å². The van der Waals surface area contributed by atoms with Crippen LogP contribution >= 0.6 is 11.8 Å². The molecule has 172 valence electrons. The molecule has 0 saturated heterocycles. The predicted molar refractivity (Wildman–Crippen MR) is 130 cm³/mol. The van der Waals surface area contributed by atoms with Gasteiger partial charge >= 0.3 is 0 Å². The van der Waals surface area contributed by atoms with Crippen LogP contribution in [-0.4, -0.2) is 28.6 Å². The highest BCUT2D eigenvalue weighted by Crippen LogP contribution is 2.37. The van der Waals surface area contributed by atoms with E-state index in [2.05, 4.69) is 5.32 Å². The van der Waals surface area contributed by atoms with Gasteiger partial charge in [0.15, 0.2) is 5.16 Å². The molecule has 5 rings (SSSR count). The molecule has 1 amide bonds. The Labute approximate surface area is 199 Å². The molecule has 34 heavy (non-hydrogen) atoms. The Hall–Kier alpha value is -3.65. The molecule has 6 nitrogen and oxygen atoms in total. The van der Waals surface area contributed by atoms with Crippen LogP contribution in [0.25, 0.3) is 16.6 Å². The molecule has 1 saturated carbocycles. The zero-order valence-corrected chi connectivity index (χ0v) is 19.2. The van der Waals surface area contributed by atoms with E-state index in [-0.39, 0.29) is 23.3 Å². The number of hydrogen-bond acceptors (Lipinski definition) is 5. The van der Waals surface area contributed by atoms with E-state index in [0.29, 0.717) is 33.1 Å². The number of nitrogens with zero attached hydrogens (tertiary/aromatic N) is 2. The third-order valence-electron chi connectivity index (χ3n) is 5.63. The minimum atomic E-state index is -0.727. The van der Waals surface area contributed by atoms with E-state index in [9.17, 15) is 14.0 Å². The predicted octanol–water partition coefficient (Wildman–Crippen LogP) is 4.65. The molecule has 0 spiro atoms. The second-order valence-corrected chi connectivity index (χ2v) is 9.13. The number of hydrogen-bond donors (Lipinski definition) is 1. The van der Waals surface area contributed by atoms with Gasteiger partial charge in [0.1, 0.15) is 16.8 Å². The van der Waals surface area contributed by atoms with Crippen molar-refractivity contribution >= 4 is 28.6 Å². The summed E-state index contributed by atoms with van der Waals surface area (Å²) in [6.45, 7) is 0. The Kier molecular flexibility index (Phi) is 6.06. The number of nitrogens with one attached hydrogen (secondary N) is 1. The molecule has 0 bridgehead atoms. The minimum absolute atomic E-state index is 0.150. The Bertz CT molecular complexity index is 1420. The highest BCUT2D eigenvalue weighted by Gasteiger charge is 2.31. The van der Waals surface area contributed by atoms with E-state index in [4.69, 9.17) is 9.72 Å². The number of fused-ring (bicyclic) bond motifs is 1. The monoisotopic (exact) mass is 475 g/mol. The number of ether oxygens (including phenoxy) is 1. The Morgan fingerprint density at radius 3 is 2.53 bits per heavy atom. The molecule has 1 aromatic heterocycles. The summed E-state index contributed by atoms with van der Waals surface area (Å²) in [5.74, 6) is -0.0813. The molecule has 8 heteroatoms. The zero-order chi connectivity index (χ0) is 23.7. The van der Waals surface area contributed by atoms with Crippen molar-refractivity contribution in [2.24, 2.45) is 0 Å². The summed E-state index contributed by atoms with van der Waals surface area (Å²) >= 11 is 1.16. The molecule has 3 aromatic carbocycles. The summed E-state index contributed by atoms with van der Waals surface area (Å²) in [6, 6.07) is 20.2. The van der Waals surface area contributed by atoms with Gasteiger partial charge in [-0.3, -0.25) is 14.2 Å². The standard InChI is InChI=1S/C26H22FN3O3S/c1-33-22-9-5-4-8-21(22)30-25(32)19-6-2-3-7-20(19)29-26(30)34-23(24(31)28-18-14-15-18)16-10-12-17(27)13-11-16/h2-13,18,23H,14-15H2,1H3,(H,28,31). The van der Waals surface area contributed by atoms with E-state index in [1.165, 1.54) is 23.8 Å². The number of methoxy groups -OCH3 is 1. The Morgan fingerprint density at radius 2 is 1.79 bits per heavy atom. The lowest BCUT2D eigenvalue weighted by Crippen LogP contribution is -2.30. The normalized spacial score (nSPS) is 14.1. The van der Waals surface area contributed by atoms with Crippen molar-refractivity contribution in [2.75, 3.05) is 7.11 Å². The molecule has 4 aromatic rings. The summed E-state index contributed by atoms with van der Waals surface area (Å²) in [7, 11) is 1.54. The van der Waals surface area contributed by atoms with Gasteiger partial charge in [0.2, 0.25) is 5.91 Å². The van der Waals surface area contributed by atoms with E-state index in [1.807, 2.05) is 18.2 Å². The first-order chi connectivity index (χ1) is 16.5. The maximum Gasteiger partial charge on any atom is 0.266 e. The first kappa shape index (κ1) is 22.2. The highest BCUT2D eigenvalue weighted by atomic mass is 32.2. The van der Waals surface area contributed by atoms with Gasteiger partial charge in [-0.25, -0.2) is 9.37 Å². The maximum absolute atomic E-state index is 13.6. The Morgan fingerprint density at radius 1 is 1.09 bits per heavy atom. The lowest BCUT2D eigenvalue weighted by molar-refractivity contribution is -0.120. The molecule has 1 unspecified atom stereocenters. The second kappa shape index (κ2) is 9.30. The first-order valence-electron chi connectivity index (χ1n) is 10.9. The topological polar surface area (TPSA) is 73.2 Å². The number of carbonyl (C=O) groups excluding carboxylic acids is 1. The fourth-order valence-corrected chi connectivity index (χ4v) is 4.86. The van der Waals surface area contributed by atoms with Gasteiger partial charge in [-0.1, -0.05) is 48.2 Å². The molecule has 1 N–H and O–H groups in total.